The SMILES string of the molecule is CCCN(CC(=O)O)S(=O)(=O)c1ccc(Br)c(C)c1. The maximum absolute atomic E-state index is 12.4. The third kappa shape index (κ3) is 4.02. The van der Waals surface area contributed by atoms with Crippen LogP contribution in [0.2, 0.25) is 0 Å². The number of carbonyl (C=O) groups is 1. The molecule has 0 aromatic heterocycles. The van der Waals surface area contributed by atoms with Gasteiger partial charge in [0.15, 0.2) is 0 Å². The van der Waals surface area contributed by atoms with E-state index in [-0.39, 0.29) is 11.4 Å². The quantitative estimate of drug-likeness (QED) is 0.854. The zero-order chi connectivity index (χ0) is 14.6. The minimum absolute atomic E-state index is 0.114. The lowest BCUT2D eigenvalue weighted by Gasteiger charge is -2.20. The number of carboxylic acid groups (broad SMARTS) is 1. The van der Waals surface area contributed by atoms with Crippen LogP contribution < -0.4 is 0 Å². The minimum Gasteiger partial charge on any atom is -0.480 e. The van der Waals surface area contributed by atoms with Gasteiger partial charge >= 0.3 is 5.97 Å². The molecule has 0 aliphatic heterocycles. The van der Waals surface area contributed by atoms with Crippen molar-refractivity contribution in [1.29, 1.82) is 0 Å². The summed E-state index contributed by atoms with van der Waals surface area (Å²) in [6.45, 7) is 3.25. The van der Waals surface area contributed by atoms with Gasteiger partial charge in [-0.15, -0.1) is 0 Å². The maximum Gasteiger partial charge on any atom is 0.318 e. The first-order chi connectivity index (χ1) is 8.78. The molecule has 0 saturated heterocycles. The van der Waals surface area contributed by atoms with Gasteiger partial charge < -0.3 is 5.11 Å². The predicted molar refractivity (Wildman–Crippen MR) is 75.6 cm³/mol. The molecule has 0 aliphatic carbocycles. The highest BCUT2D eigenvalue weighted by molar-refractivity contribution is 9.10. The largest absolute Gasteiger partial charge is 0.480 e. The van der Waals surface area contributed by atoms with E-state index in [1.54, 1.807) is 19.9 Å². The molecule has 19 heavy (non-hydrogen) atoms. The van der Waals surface area contributed by atoms with E-state index in [0.717, 1.165) is 14.3 Å². The monoisotopic (exact) mass is 349 g/mol. The van der Waals surface area contributed by atoms with Gasteiger partial charge in [0.05, 0.1) is 4.90 Å². The fourth-order valence-electron chi connectivity index (χ4n) is 1.61. The lowest BCUT2D eigenvalue weighted by Crippen LogP contribution is -2.36. The van der Waals surface area contributed by atoms with Crippen LogP contribution in [-0.4, -0.2) is 36.9 Å². The average molecular weight is 350 g/mol. The third-order valence-electron chi connectivity index (χ3n) is 2.55. The molecule has 0 spiro atoms. The Labute approximate surface area is 121 Å². The Kier molecular flexibility index (Phi) is 5.51. The van der Waals surface area contributed by atoms with Crippen molar-refractivity contribution in [3.05, 3.63) is 28.2 Å². The van der Waals surface area contributed by atoms with Crippen LogP contribution in [0.4, 0.5) is 0 Å². The second kappa shape index (κ2) is 6.49. The van der Waals surface area contributed by atoms with Crippen molar-refractivity contribution >= 4 is 31.9 Å². The molecule has 0 unspecified atom stereocenters. The highest BCUT2D eigenvalue weighted by Gasteiger charge is 2.26. The number of aliphatic carboxylic acids is 1. The summed E-state index contributed by atoms with van der Waals surface area (Å²) in [5, 5.41) is 8.81. The third-order valence-corrected chi connectivity index (χ3v) is 5.28. The molecule has 106 valence electrons. The zero-order valence-electron chi connectivity index (χ0n) is 10.8. The van der Waals surface area contributed by atoms with Gasteiger partial charge in [-0.3, -0.25) is 4.79 Å². The van der Waals surface area contributed by atoms with Crippen molar-refractivity contribution in [2.75, 3.05) is 13.1 Å². The van der Waals surface area contributed by atoms with Crippen LogP contribution in [0, 0.1) is 6.92 Å². The summed E-state index contributed by atoms with van der Waals surface area (Å²) in [7, 11) is -3.77. The Balaban J connectivity index is 3.18. The fourth-order valence-corrected chi connectivity index (χ4v) is 3.43. The summed E-state index contributed by atoms with van der Waals surface area (Å²) in [5.74, 6) is -1.16. The van der Waals surface area contributed by atoms with Crippen molar-refractivity contribution < 1.29 is 18.3 Å². The first-order valence-electron chi connectivity index (χ1n) is 5.77. The van der Waals surface area contributed by atoms with Crippen molar-refractivity contribution in [2.24, 2.45) is 0 Å². The molecule has 1 N–H and O–H groups in total. The predicted octanol–water partition coefficient (Wildman–Crippen LogP) is 2.24. The number of hydrogen-bond donors (Lipinski definition) is 1. The van der Waals surface area contributed by atoms with E-state index in [2.05, 4.69) is 15.9 Å². The summed E-state index contributed by atoms with van der Waals surface area (Å²) in [6.07, 6.45) is 0.558. The van der Waals surface area contributed by atoms with Crippen molar-refractivity contribution in [2.45, 2.75) is 25.2 Å². The van der Waals surface area contributed by atoms with Gasteiger partial charge in [0, 0.05) is 11.0 Å². The minimum atomic E-state index is -3.77. The molecule has 0 aliphatic rings. The molecular weight excluding hydrogens is 334 g/mol. The van der Waals surface area contributed by atoms with Crippen LogP contribution >= 0.6 is 15.9 Å². The van der Waals surface area contributed by atoms with Crippen LogP contribution in [0.3, 0.4) is 0 Å². The maximum atomic E-state index is 12.4. The van der Waals surface area contributed by atoms with E-state index in [0.29, 0.717) is 6.42 Å². The Morgan fingerprint density at radius 1 is 1.42 bits per heavy atom. The van der Waals surface area contributed by atoms with Crippen LogP contribution in [0.25, 0.3) is 0 Å². The molecule has 1 rings (SSSR count). The van der Waals surface area contributed by atoms with Gasteiger partial charge in [0.25, 0.3) is 0 Å². The Morgan fingerprint density at radius 2 is 2.05 bits per heavy atom. The summed E-state index contributed by atoms with van der Waals surface area (Å²) >= 11 is 3.30. The van der Waals surface area contributed by atoms with Gasteiger partial charge in [0.1, 0.15) is 6.54 Å². The van der Waals surface area contributed by atoms with Crippen molar-refractivity contribution in [3.8, 4) is 0 Å². The number of nitrogens with zero attached hydrogens (tertiary/aromatic N) is 1. The molecule has 0 saturated carbocycles. The summed E-state index contributed by atoms with van der Waals surface area (Å²) in [6, 6.07) is 4.65. The molecule has 7 heteroatoms. The Bertz CT molecular complexity index is 571. The van der Waals surface area contributed by atoms with Gasteiger partial charge in [-0.2, -0.15) is 4.31 Å². The molecule has 0 amide bonds. The van der Waals surface area contributed by atoms with Gasteiger partial charge in [0.2, 0.25) is 10.0 Å². The highest BCUT2D eigenvalue weighted by Crippen LogP contribution is 2.22. The lowest BCUT2D eigenvalue weighted by atomic mass is 10.2. The number of rotatable bonds is 6. The second-order valence-corrected chi connectivity index (χ2v) is 6.94. The van der Waals surface area contributed by atoms with Gasteiger partial charge in [-0.1, -0.05) is 22.9 Å². The van der Waals surface area contributed by atoms with Crippen LogP contribution in [-0.2, 0) is 14.8 Å². The summed E-state index contributed by atoms with van der Waals surface area (Å²) in [5.41, 5.74) is 0.785. The van der Waals surface area contributed by atoms with E-state index in [9.17, 15) is 13.2 Å². The lowest BCUT2D eigenvalue weighted by molar-refractivity contribution is -0.137. The van der Waals surface area contributed by atoms with E-state index >= 15 is 0 Å². The summed E-state index contributed by atoms with van der Waals surface area (Å²) < 4.78 is 26.5. The Morgan fingerprint density at radius 3 is 2.53 bits per heavy atom. The van der Waals surface area contributed by atoms with E-state index in [4.69, 9.17) is 5.11 Å². The number of hydrogen-bond acceptors (Lipinski definition) is 3. The molecule has 1 aromatic rings. The Hall–Kier alpha value is -0.920. The van der Waals surface area contributed by atoms with Gasteiger partial charge in [-0.05, 0) is 37.1 Å². The molecule has 5 nitrogen and oxygen atoms in total. The van der Waals surface area contributed by atoms with Crippen molar-refractivity contribution in [1.82, 2.24) is 4.31 Å². The van der Waals surface area contributed by atoms with Crippen molar-refractivity contribution in [3.63, 3.8) is 0 Å². The number of halogens is 1. The molecule has 1 aromatic carbocycles. The van der Waals surface area contributed by atoms with Crippen LogP contribution in [0.1, 0.15) is 18.9 Å². The highest BCUT2D eigenvalue weighted by atomic mass is 79.9. The number of sulfonamides is 1. The normalized spacial score (nSPS) is 11.8. The van der Waals surface area contributed by atoms with Crippen LogP contribution in [0.15, 0.2) is 27.6 Å². The molecule has 0 bridgehead atoms. The number of benzene rings is 1. The first-order valence-corrected chi connectivity index (χ1v) is 8.00. The molecule has 0 radical (unpaired) electrons. The molecule has 0 fully saturated rings. The zero-order valence-corrected chi connectivity index (χ0v) is 13.2. The standard InChI is InChI=1S/C12H16BrNO4S/c1-3-6-14(8-12(15)16)19(17,18)10-4-5-11(13)9(2)7-10/h4-5,7H,3,6,8H2,1-2H3,(H,15,16). The van der Waals surface area contributed by atoms with E-state index in [1.165, 1.54) is 12.1 Å². The second-order valence-electron chi connectivity index (χ2n) is 4.14. The average Bonchev–Trinajstić information content (AvgIpc) is 2.31. The van der Waals surface area contributed by atoms with E-state index < -0.39 is 22.5 Å². The van der Waals surface area contributed by atoms with Gasteiger partial charge in [-0.25, -0.2) is 8.42 Å². The molecular formula is C12H16BrNO4S. The fraction of sp³-hybridized carbons (Fsp3) is 0.417. The number of carboxylic acids is 1. The topological polar surface area (TPSA) is 74.7 Å². The smallest absolute Gasteiger partial charge is 0.318 e. The first kappa shape index (κ1) is 16.1. The van der Waals surface area contributed by atoms with Crippen LogP contribution in [0.5, 0.6) is 0 Å². The van der Waals surface area contributed by atoms with E-state index in [1.807, 2.05) is 0 Å². The number of aryl methyl sites for hydroxylation is 1. The summed E-state index contributed by atoms with van der Waals surface area (Å²) in [4.78, 5) is 10.9. The molecule has 0 heterocycles. The molecule has 0 atom stereocenters.